The number of primary amides is 1. The van der Waals surface area contributed by atoms with Gasteiger partial charge in [-0.15, -0.1) is 36.2 Å². The topological polar surface area (TPSA) is 56.0 Å². The Bertz CT molecular complexity index is 238. The molecule has 11 heavy (non-hydrogen) atoms. The van der Waals surface area contributed by atoms with Crippen molar-refractivity contribution in [2.75, 3.05) is 0 Å². The molecular formula is C5H8Cl2N2OS. The van der Waals surface area contributed by atoms with Gasteiger partial charge in [-0.3, -0.25) is 4.79 Å². The van der Waals surface area contributed by atoms with E-state index in [2.05, 4.69) is 4.98 Å². The summed E-state index contributed by atoms with van der Waals surface area (Å²) in [6, 6.07) is 0. The Labute approximate surface area is 80.8 Å². The van der Waals surface area contributed by atoms with E-state index in [1.807, 2.05) is 6.92 Å². The lowest BCUT2D eigenvalue weighted by atomic mass is 10.5. The fourth-order valence-electron chi connectivity index (χ4n) is 0.475. The molecule has 1 heterocycles. The summed E-state index contributed by atoms with van der Waals surface area (Å²) < 4.78 is 0. The van der Waals surface area contributed by atoms with Crippen LogP contribution in [0, 0.1) is 6.92 Å². The standard InChI is InChI=1S/C5H6N2OS.2ClH/c1-3-7-2-4(9-3)5(6)8;;/h2H,1H3,(H2,6,8);2*1H. The molecule has 1 amide bonds. The van der Waals surface area contributed by atoms with Crippen molar-refractivity contribution in [2.24, 2.45) is 5.73 Å². The maximum Gasteiger partial charge on any atom is 0.260 e. The average molecular weight is 215 g/mol. The molecule has 64 valence electrons. The number of hydrogen-bond donors (Lipinski definition) is 1. The molecule has 0 saturated heterocycles. The minimum atomic E-state index is -0.402. The third-order valence-corrected chi connectivity index (χ3v) is 1.79. The monoisotopic (exact) mass is 214 g/mol. The van der Waals surface area contributed by atoms with Gasteiger partial charge in [-0.2, -0.15) is 0 Å². The highest BCUT2D eigenvalue weighted by Crippen LogP contribution is 2.09. The third kappa shape index (κ3) is 3.55. The molecule has 0 radical (unpaired) electrons. The van der Waals surface area contributed by atoms with Crippen molar-refractivity contribution in [2.45, 2.75) is 6.92 Å². The molecule has 0 aliphatic heterocycles. The molecular weight excluding hydrogens is 207 g/mol. The van der Waals surface area contributed by atoms with E-state index >= 15 is 0 Å². The van der Waals surface area contributed by atoms with Crippen molar-refractivity contribution in [3.05, 3.63) is 16.1 Å². The molecule has 0 saturated carbocycles. The van der Waals surface area contributed by atoms with Crippen LogP contribution in [0.1, 0.15) is 14.7 Å². The summed E-state index contributed by atoms with van der Waals surface area (Å²) >= 11 is 1.31. The van der Waals surface area contributed by atoms with Crippen molar-refractivity contribution >= 4 is 42.1 Å². The average Bonchev–Trinajstić information content (AvgIpc) is 2.14. The molecule has 0 unspecified atom stereocenters. The Balaban J connectivity index is 0. The second-order valence-electron chi connectivity index (χ2n) is 1.61. The minimum absolute atomic E-state index is 0. The Hall–Kier alpha value is -0.320. The van der Waals surface area contributed by atoms with Gasteiger partial charge in [0.1, 0.15) is 4.88 Å². The van der Waals surface area contributed by atoms with Crippen LogP contribution in [-0.2, 0) is 0 Å². The predicted octanol–water partition coefficient (Wildman–Crippen LogP) is 1.39. The lowest BCUT2D eigenvalue weighted by molar-refractivity contribution is 0.100. The summed E-state index contributed by atoms with van der Waals surface area (Å²) in [6.45, 7) is 1.83. The molecule has 1 aromatic rings. The van der Waals surface area contributed by atoms with Crippen LogP contribution in [0.25, 0.3) is 0 Å². The molecule has 6 heteroatoms. The van der Waals surface area contributed by atoms with Gasteiger partial charge < -0.3 is 5.73 Å². The van der Waals surface area contributed by atoms with Gasteiger partial charge in [-0.05, 0) is 6.92 Å². The van der Waals surface area contributed by atoms with Crippen LogP contribution in [0.4, 0.5) is 0 Å². The lowest BCUT2D eigenvalue weighted by Gasteiger charge is -1.79. The third-order valence-electron chi connectivity index (χ3n) is 0.864. The first-order chi connectivity index (χ1) is 4.20. The number of aryl methyl sites for hydroxylation is 1. The first-order valence-electron chi connectivity index (χ1n) is 2.42. The summed E-state index contributed by atoms with van der Waals surface area (Å²) in [5, 5.41) is 0.865. The van der Waals surface area contributed by atoms with Crippen molar-refractivity contribution < 1.29 is 4.79 Å². The molecule has 0 aliphatic carbocycles. The number of halogens is 2. The maximum atomic E-state index is 10.4. The van der Waals surface area contributed by atoms with Gasteiger partial charge in [-0.1, -0.05) is 0 Å². The Kier molecular flexibility index (Phi) is 6.46. The lowest BCUT2D eigenvalue weighted by Crippen LogP contribution is -2.08. The number of hydrogen-bond acceptors (Lipinski definition) is 3. The maximum absolute atomic E-state index is 10.4. The Morgan fingerprint density at radius 2 is 2.18 bits per heavy atom. The van der Waals surface area contributed by atoms with Crippen LogP contribution in [0.5, 0.6) is 0 Å². The van der Waals surface area contributed by atoms with E-state index in [9.17, 15) is 4.79 Å². The van der Waals surface area contributed by atoms with Crippen LogP contribution in [-0.4, -0.2) is 10.9 Å². The van der Waals surface area contributed by atoms with Gasteiger partial charge in [0, 0.05) is 0 Å². The van der Waals surface area contributed by atoms with Crippen molar-refractivity contribution in [1.82, 2.24) is 4.98 Å². The first kappa shape index (κ1) is 13.3. The fourth-order valence-corrected chi connectivity index (χ4v) is 1.10. The smallest absolute Gasteiger partial charge is 0.260 e. The SMILES string of the molecule is Cc1ncc(C(N)=O)s1.Cl.Cl. The van der Waals surface area contributed by atoms with E-state index in [4.69, 9.17) is 5.73 Å². The number of aromatic nitrogens is 1. The minimum Gasteiger partial charge on any atom is -0.365 e. The van der Waals surface area contributed by atoms with Crippen LogP contribution in [0.2, 0.25) is 0 Å². The van der Waals surface area contributed by atoms with E-state index in [-0.39, 0.29) is 24.8 Å². The molecule has 3 nitrogen and oxygen atoms in total. The highest BCUT2D eigenvalue weighted by atomic mass is 35.5. The quantitative estimate of drug-likeness (QED) is 0.769. The molecule has 0 atom stereocenters. The van der Waals surface area contributed by atoms with Crippen molar-refractivity contribution in [3.8, 4) is 0 Å². The molecule has 0 aliphatic rings. The zero-order valence-electron chi connectivity index (χ0n) is 5.73. The van der Waals surface area contributed by atoms with Crippen molar-refractivity contribution in [3.63, 3.8) is 0 Å². The van der Waals surface area contributed by atoms with Gasteiger partial charge in [0.2, 0.25) is 0 Å². The van der Waals surface area contributed by atoms with Gasteiger partial charge in [0.05, 0.1) is 11.2 Å². The number of thiazole rings is 1. The zero-order chi connectivity index (χ0) is 6.85. The summed E-state index contributed by atoms with van der Waals surface area (Å²) in [6.07, 6.45) is 1.49. The van der Waals surface area contributed by atoms with Crippen LogP contribution in [0.15, 0.2) is 6.20 Å². The molecule has 1 aromatic heterocycles. The van der Waals surface area contributed by atoms with Gasteiger partial charge in [0.15, 0.2) is 0 Å². The van der Waals surface area contributed by atoms with Crippen LogP contribution < -0.4 is 5.73 Å². The van der Waals surface area contributed by atoms with Gasteiger partial charge >= 0.3 is 0 Å². The van der Waals surface area contributed by atoms with E-state index in [1.54, 1.807) is 0 Å². The van der Waals surface area contributed by atoms with E-state index in [0.717, 1.165) is 5.01 Å². The molecule has 1 rings (SSSR count). The number of nitrogens with two attached hydrogens (primary N) is 1. The van der Waals surface area contributed by atoms with E-state index in [0.29, 0.717) is 4.88 Å². The van der Waals surface area contributed by atoms with Crippen molar-refractivity contribution in [1.29, 1.82) is 0 Å². The van der Waals surface area contributed by atoms with Gasteiger partial charge in [-0.25, -0.2) is 4.98 Å². The summed E-state index contributed by atoms with van der Waals surface area (Å²) in [5.74, 6) is -0.402. The highest BCUT2D eigenvalue weighted by molar-refractivity contribution is 7.13. The number of nitrogens with zero attached hydrogens (tertiary/aromatic N) is 1. The molecule has 2 N–H and O–H groups in total. The van der Waals surface area contributed by atoms with E-state index < -0.39 is 5.91 Å². The Morgan fingerprint density at radius 3 is 2.36 bits per heavy atom. The number of amides is 1. The summed E-state index contributed by atoms with van der Waals surface area (Å²) in [4.78, 5) is 14.8. The van der Waals surface area contributed by atoms with Crippen LogP contribution in [0.3, 0.4) is 0 Å². The first-order valence-corrected chi connectivity index (χ1v) is 3.24. The van der Waals surface area contributed by atoms with Crippen LogP contribution >= 0.6 is 36.2 Å². The molecule has 0 fully saturated rings. The molecule has 0 aromatic carbocycles. The second-order valence-corrected chi connectivity index (χ2v) is 2.84. The molecule has 0 spiro atoms. The Morgan fingerprint density at radius 1 is 1.64 bits per heavy atom. The van der Waals surface area contributed by atoms with Gasteiger partial charge in [0.25, 0.3) is 5.91 Å². The zero-order valence-corrected chi connectivity index (χ0v) is 8.18. The largest absolute Gasteiger partial charge is 0.365 e. The normalized spacial score (nSPS) is 7.73. The molecule has 0 bridgehead atoms. The van der Waals surface area contributed by atoms with E-state index in [1.165, 1.54) is 17.5 Å². The summed E-state index contributed by atoms with van der Waals surface area (Å²) in [5.41, 5.74) is 4.96. The number of rotatable bonds is 1. The summed E-state index contributed by atoms with van der Waals surface area (Å²) in [7, 11) is 0. The number of carbonyl (C=O) groups is 1. The second kappa shape index (κ2) is 5.35. The fraction of sp³-hybridized carbons (Fsp3) is 0.200. The predicted molar refractivity (Wildman–Crippen MR) is 49.9 cm³/mol. The number of carbonyl (C=O) groups excluding carboxylic acids is 1. The highest BCUT2D eigenvalue weighted by Gasteiger charge is 2.01.